The van der Waals surface area contributed by atoms with Crippen LogP contribution in [0.4, 0.5) is 5.69 Å². The predicted molar refractivity (Wildman–Crippen MR) is 73.6 cm³/mol. The molecule has 1 aromatic rings. The Morgan fingerprint density at radius 1 is 1.56 bits per heavy atom. The van der Waals surface area contributed by atoms with Gasteiger partial charge in [0.2, 0.25) is 0 Å². The molecule has 18 heavy (non-hydrogen) atoms. The lowest BCUT2D eigenvalue weighted by Gasteiger charge is -2.18. The fourth-order valence-corrected chi connectivity index (χ4v) is 1.68. The Morgan fingerprint density at radius 2 is 2.28 bits per heavy atom. The normalized spacial score (nSPS) is 12.0. The van der Waals surface area contributed by atoms with Crippen LogP contribution in [0.25, 0.3) is 0 Å². The van der Waals surface area contributed by atoms with E-state index in [0.29, 0.717) is 18.3 Å². The average molecular weight is 250 g/mol. The summed E-state index contributed by atoms with van der Waals surface area (Å²) in [6.45, 7) is 2.76. The van der Waals surface area contributed by atoms with Gasteiger partial charge in [-0.25, -0.2) is 0 Å². The zero-order valence-corrected chi connectivity index (χ0v) is 11.3. The zero-order chi connectivity index (χ0) is 13.5. The minimum atomic E-state index is -0.0921. The van der Waals surface area contributed by atoms with Crippen molar-refractivity contribution < 1.29 is 4.79 Å². The van der Waals surface area contributed by atoms with Gasteiger partial charge >= 0.3 is 0 Å². The van der Waals surface area contributed by atoms with Crippen molar-refractivity contribution in [2.75, 3.05) is 26.0 Å². The van der Waals surface area contributed by atoms with E-state index in [1.54, 1.807) is 26.4 Å². The minimum Gasteiger partial charge on any atom is -0.382 e. The molecule has 1 heterocycles. The maximum Gasteiger partial charge on any atom is 0.272 e. The van der Waals surface area contributed by atoms with Gasteiger partial charge in [0.25, 0.3) is 5.91 Å². The van der Waals surface area contributed by atoms with Crippen LogP contribution >= 0.6 is 0 Å². The predicted octanol–water partition coefficient (Wildman–Crippen LogP) is 1.32. The molecule has 0 radical (unpaired) electrons. The molecule has 0 aliphatic rings. The second-order valence-corrected chi connectivity index (χ2v) is 4.46. The Balaban J connectivity index is 2.78. The molecule has 0 aromatic carbocycles. The number of nitrogens with one attached hydrogen (secondary N) is 1. The largest absolute Gasteiger partial charge is 0.382 e. The van der Waals surface area contributed by atoms with Crippen molar-refractivity contribution in [2.45, 2.75) is 25.8 Å². The third kappa shape index (κ3) is 4.00. The van der Waals surface area contributed by atoms with Gasteiger partial charge in [-0.05, 0) is 31.5 Å². The molecule has 3 N–H and O–H groups in total. The monoisotopic (exact) mass is 250 g/mol. The average Bonchev–Trinajstić information content (AvgIpc) is 2.37. The van der Waals surface area contributed by atoms with Crippen molar-refractivity contribution in [1.29, 1.82) is 0 Å². The van der Waals surface area contributed by atoms with E-state index in [4.69, 9.17) is 5.73 Å². The highest BCUT2D eigenvalue weighted by Gasteiger charge is 2.11. The van der Waals surface area contributed by atoms with Gasteiger partial charge in [-0.15, -0.1) is 0 Å². The SMILES string of the molecule is CCC(CCN)Nc1ccnc(C(=O)N(C)C)c1. The highest BCUT2D eigenvalue weighted by atomic mass is 16.2. The van der Waals surface area contributed by atoms with E-state index in [1.165, 1.54) is 4.90 Å². The maximum atomic E-state index is 11.8. The summed E-state index contributed by atoms with van der Waals surface area (Å²) in [4.78, 5) is 17.4. The number of carbonyl (C=O) groups is 1. The van der Waals surface area contributed by atoms with Crippen molar-refractivity contribution in [3.05, 3.63) is 24.0 Å². The summed E-state index contributed by atoms with van der Waals surface area (Å²) in [5, 5.41) is 3.37. The fraction of sp³-hybridized carbons (Fsp3) is 0.538. The molecule has 0 aliphatic heterocycles. The summed E-state index contributed by atoms with van der Waals surface area (Å²) in [5.41, 5.74) is 6.93. The first kappa shape index (κ1) is 14.4. The Bertz CT molecular complexity index is 392. The highest BCUT2D eigenvalue weighted by Crippen LogP contribution is 2.13. The Labute approximate surface area is 108 Å². The van der Waals surface area contributed by atoms with E-state index < -0.39 is 0 Å². The molecule has 1 rings (SSSR count). The van der Waals surface area contributed by atoms with E-state index in [2.05, 4.69) is 17.2 Å². The molecular weight excluding hydrogens is 228 g/mol. The number of amides is 1. The highest BCUT2D eigenvalue weighted by molar-refractivity contribution is 5.92. The van der Waals surface area contributed by atoms with Crippen molar-refractivity contribution in [2.24, 2.45) is 5.73 Å². The molecule has 1 amide bonds. The summed E-state index contributed by atoms with van der Waals surface area (Å²) in [6, 6.07) is 3.98. The Hall–Kier alpha value is -1.62. The molecule has 0 saturated carbocycles. The first-order valence-electron chi connectivity index (χ1n) is 6.22. The number of hydrogen-bond donors (Lipinski definition) is 2. The van der Waals surface area contributed by atoms with Crippen LogP contribution < -0.4 is 11.1 Å². The van der Waals surface area contributed by atoms with Crippen molar-refractivity contribution in [3.8, 4) is 0 Å². The van der Waals surface area contributed by atoms with E-state index in [9.17, 15) is 4.79 Å². The van der Waals surface area contributed by atoms with Crippen LogP contribution in [-0.4, -0.2) is 42.5 Å². The molecule has 5 heteroatoms. The molecule has 0 aliphatic carbocycles. The standard InChI is InChI=1S/C13H22N4O/c1-4-10(5-7-14)16-11-6-8-15-12(9-11)13(18)17(2)3/h6,8-10H,4-5,7,14H2,1-3H3,(H,15,16). The smallest absolute Gasteiger partial charge is 0.272 e. The van der Waals surface area contributed by atoms with Gasteiger partial charge in [0.05, 0.1) is 0 Å². The molecular formula is C13H22N4O. The quantitative estimate of drug-likeness (QED) is 0.799. The van der Waals surface area contributed by atoms with Crippen molar-refractivity contribution in [1.82, 2.24) is 9.88 Å². The lowest BCUT2D eigenvalue weighted by Crippen LogP contribution is -2.24. The number of nitrogens with zero attached hydrogens (tertiary/aromatic N) is 2. The number of anilines is 1. The Morgan fingerprint density at radius 3 is 2.83 bits per heavy atom. The van der Waals surface area contributed by atoms with Crippen molar-refractivity contribution in [3.63, 3.8) is 0 Å². The first-order chi connectivity index (χ1) is 8.58. The van der Waals surface area contributed by atoms with E-state index in [0.717, 1.165) is 18.5 Å². The maximum absolute atomic E-state index is 11.8. The second-order valence-electron chi connectivity index (χ2n) is 4.46. The molecule has 1 aromatic heterocycles. The molecule has 100 valence electrons. The molecule has 5 nitrogen and oxygen atoms in total. The van der Waals surface area contributed by atoms with Gasteiger partial charge in [0.15, 0.2) is 0 Å². The third-order valence-electron chi connectivity index (χ3n) is 2.76. The second kappa shape index (κ2) is 6.96. The number of hydrogen-bond acceptors (Lipinski definition) is 4. The molecule has 0 spiro atoms. The number of rotatable bonds is 6. The van der Waals surface area contributed by atoms with Gasteiger partial charge in [0, 0.05) is 32.0 Å². The fourth-order valence-electron chi connectivity index (χ4n) is 1.68. The van der Waals surface area contributed by atoms with Crippen LogP contribution in [0.1, 0.15) is 30.3 Å². The first-order valence-corrected chi connectivity index (χ1v) is 6.22. The molecule has 0 bridgehead atoms. The zero-order valence-electron chi connectivity index (χ0n) is 11.3. The van der Waals surface area contributed by atoms with Crippen molar-refractivity contribution >= 4 is 11.6 Å². The molecule has 1 unspecified atom stereocenters. The van der Waals surface area contributed by atoms with Gasteiger partial charge in [-0.1, -0.05) is 6.92 Å². The summed E-state index contributed by atoms with van der Waals surface area (Å²) in [6.07, 6.45) is 3.56. The van der Waals surface area contributed by atoms with Crippen LogP contribution in [-0.2, 0) is 0 Å². The van der Waals surface area contributed by atoms with Gasteiger partial charge < -0.3 is 16.0 Å². The number of nitrogens with two attached hydrogens (primary N) is 1. The topological polar surface area (TPSA) is 71.2 Å². The molecule has 0 fully saturated rings. The van der Waals surface area contributed by atoms with Gasteiger partial charge in [0.1, 0.15) is 5.69 Å². The molecule has 0 saturated heterocycles. The minimum absolute atomic E-state index is 0.0921. The summed E-state index contributed by atoms with van der Waals surface area (Å²) in [7, 11) is 3.43. The Kier molecular flexibility index (Phi) is 5.58. The van der Waals surface area contributed by atoms with Gasteiger partial charge in [-0.3, -0.25) is 9.78 Å². The van der Waals surface area contributed by atoms with E-state index >= 15 is 0 Å². The lowest BCUT2D eigenvalue weighted by atomic mass is 10.1. The third-order valence-corrected chi connectivity index (χ3v) is 2.76. The van der Waals surface area contributed by atoms with Crippen LogP contribution in [0.15, 0.2) is 18.3 Å². The van der Waals surface area contributed by atoms with Crippen LogP contribution in [0.3, 0.4) is 0 Å². The summed E-state index contributed by atoms with van der Waals surface area (Å²) < 4.78 is 0. The van der Waals surface area contributed by atoms with E-state index in [1.807, 2.05) is 6.07 Å². The number of carbonyl (C=O) groups excluding carboxylic acids is 1. The van der Waals surface area contributed by atoms with E-state index in [-0.39, 0.29) is 5.91 Å². The number of pyridine rings is 1. The molecule has 1 atom stereocenters. The van der Waals surface area contributed by atoms with Crippen LogP contribution in [0, 0.1) is 0 Å². The number of aromatic nitrogens is 1. The van der Waals surface area contributed by atoms with Gasteiger partial charge in [-0.2, -0.15) is 0 Å². The summed E-state index contributed by atoms with van der Waals surface area (Å²) in [5.74, 6) is -0.0921. The summed E-state index contributed by atoms with van der Waals surface area (Å²) >= 11 is 0. The lowest BCUT2D eigenvalue weighted by molar-refractivity contribution is 0.0822. The van der Waals surface area contributed by atoms with Crippen LogP contribution in [0.5, 0.6) is 0 Å². The van der Waals surface area contributed by atoms with Crippen LogP contribution in [0.2, 0.25) is 0 Å².